The van der Waals surface area contributed by atoms with E-state index in [0.717, 1.165) is 11.1 Å². The van der Waals surface area contributed by atoms with Gasteiger partial charge in [-0.2, -0.15) is 0 Å². The molecule has 3 nitrogen and oxygen atoms in total. The van der Waals surface area contributed by atoms with Gasteiger partial charge in [0.2, 0.25) is 0 Å². The molecule has 0 aliphatic heterocycles. The van der Waals surface area contributed by atoms with Crippen molar-refractivity contribution in [1.29, 1.82) is 0 Å². The highest BCUT2D eigenvalue weighted by Crippen LogP contribution is 2.30. The molecule has 0 unspecified atom stereocenters. The van der Waals surface area contributed by atoms with Crippen molar-refractivity contribution < 1.29 is 14.3 Å². The summed E-state index contributed by atoms with van der Waals surface area (Å²) in [5.41, 5.74) is 2.43. The summed E-state index contributed by atoms with van der Waals surface area (Å²) in [4.78, 5) is 11.9. The first-order valence-electron chi connectivity index (χ1n) is 6.73. The van der Waals surface area contributed by atoms with Gasteiger partial charge < -0.3 is 9.47 Å². The second-order valence-corrected chi connectivity index (χ2v) is 5.13. The fourth-order valence-electron chi connectivity index (χ4n) is 1.92. The minimum atomic E-state index is -0.350. The number of ether oxygens (including phenoxy) is 2. The van der Waals surface area contributed by atoms with E-state index >= 15 is 0 Å². The molecule has 4 heteroatoms. The predicted octanol–water partition coefficient (Wildman–Crippen LogP) is 4.93. The zero-order valence-corrected chi connectivity index (χ0v) is 13.0. The Kier molecular flexibility index (Phi) is 4.86. The standard InChI is InChI=1S/C17H17ClO3/c1-4-20-17(19)13-8-11(2)12(3)16(9-13)21-15-7-5-6-14(18)10-15/h5-10H,4H2,1-3H3. The molecule has 0 fully saturated rings. The molecule has 21 heavy (non-hydrogen) atoms. The number of esters is 1. The van der Waals surface area contributed by atoms with Gasteiger partial charge in [-0.1, -0.05) is 17.7 Å². The molecule has 0 amide bonds. The van der Waals surface area contributed by atoms with Crippen molar-refractivity contribution in [3.05, 3.63) is 58.1 Å². The highest BCUT2D eigenvalue weighted by Gasteiger charge is 2.13. The van der Waals surface area contributed by atoms with E-state index < -0.39 is 0 Å². The zero-order chi connectivity index (χ0) is 15.4. The Hall–Kier alpha value is -2.00. The third-order valence-electron chi connectivity index (χ3n) is 3.15. The number of rotatable bonds is 4. The van der Waals surface area contributed by atoms with Gasteiger partial charge in [0.15, 0.2) is 0 Å². The van der Waals surface area contributed by atoms with Gasteiger partial charge in [0.05, 0.1) is 12.2 Å². The van der Waals surface area contributed by atoms with Gasteiger partial charge >= 0.3 is 5.97 Å². The minimum absolute atomic E-state index is 0.343. The molecule has 0 aromatic heterocycles. The summed E-state index contributed by atoms with van der Waals surface area (Å²) in [7, 11) is 0. The largest absolute Gasteiger partial charge is 0.462 e. The third kappa shape index (κ3) is 3.76. The van der Waals surface area contributed by atoms with Crippen molar-refractivity contribution in [3.63, 3.8) is 0 Å². The maximum atomic E-state index is 11.9. The van der Waals surface area contributed by atoms with Gasteiger partial charge in [0, 0.05) is 5.02 Å². The Morgan fingerprint density at radius 3 is 2.62 bits per heavy atom. The molecular formula is C17H17ClO3. The van der Waals surface area contributed by atoms with E-state index in [1.807, 2.05) is 26.0 Å². The first-order chi connectivity index (χ1) is 10.0. The van der Waals surface area contributed by atoms with Crippen molar-refractivity contribution in [2.24, 2.45) is 0 Å². The van der Waals surface area contributed by atoms with Gasteiger partial charge in [0.25, 0.3) is 0 Å². The molecule has 2 aromatic rings. The second kappa shape index (κ2) is 6.64. The Bertz CT molecular complexity index is 665. The number of carbonyl (C=O) groups is 1. The van der Waals surface area contributed by atoms with Crippen LogP contribution in [0.25, 0.3) is 0 Å². The van der Waals surface area contributed by atoms with Crippen molar-refractivity contribution in [2.75, 3.05) is 6.61 Å². The number of hydrogen-bond donors (Lipinski definition) is 0. The molecule has 0 radical (unpaired) electrons. The van der Waals surface area contributed by atoms with Crippen molar-refractivity contribution in [1.82, 2.24) is 0 Å². The molecule has 0 aliphatic carbocycles. The fraction of sp³-hybridized carbons (Fsp3) is 0.235. The fourth-order valence-corrected chi connectivity index (χ4v) is 2.10. The number of benzene rings is 2. The molecule has 0 saturated heterocycles. The highest BCUT2D eigenvalue weighted by atomic mass is 35.5. The minimum Gasteiger partial charge on any atom is -0.462 e. The van der Waals surface area contributed by atoms with E-state index in [-0.39, 0.29) is 5.97 Å². The summed E-state index contributed by atoms with van der Waals surface area (Å²) in [5.74, 6) is 0.905. The maximum absolute atomic E-state index is 11.9. The lowest BCUT2D eigenvalue weighted by Gasteiger charge is -2.13. The molecule has 0 spiro atoms. The first-order valence-corrected chi connectivity index (χ1v) is 7.11. The summed E-state index contributed by atoms with van der Waals surface area (Å²) >= 11 is 5.95. The van der Waals surface area contributed by atoms with Crippen LogP contribution in [0.15, 0.2) is 36.4 Å². The Labute approximate surface area is 129 Å². The molecule has 0 aliphatic rings. The van der Waals surface area contributed by atoms with Crippen molar-refractivity contribution >= 4 is 17.6 Å². The monoisotopic (exact) mass is 304 g/mol. The lowest BCUT2D eigenvalue weighted by molar-refractivity contribution is 0.0526. The molecule has 0 heterocycles. The number of carbonyl (C=O) groups excluding carboxylic acids is 1. The summed E-state index contributed by atoms with van der Waals surface area (Å²) in [6.45, 7) is 6.01. The van der Waals surface area contributed by atoms with Crippen molar-refractivity contribution in [3.8, 4) is 11.5 Å². The number of halogens is 1. The average molecular weight is 305 g/mol. The maximum Gasteiger partial charge on any atom is 0.338 e. The number of hydrogen-bond acceptors (Lipinski definition) is 3. The normalized spacial score (nSPS) is 10.3. The molecule has 0 bridgehead atoms. The molecule has 0 saturated carbocycles. The smallest absolute Gasteiger partial charge is 0.338 e. The van der Waals surface area contributed by atoms with Crippen LogP contribution in [0.4, 0.5) is 0 Å². The van der Waals surface area contributed by atoms with Gasteiger partial charge in [-0.15, -0.1) is 0 Å². The van der Waals surface area contributed by atoms with Gasteiger partial charge in [0.1, 0.15) is 11.5 Å². The zero-order valence-electron chi connectivity index (χ0n) is 12.3. The lowest BCUT2D eigenvalue weighted by atomic mass is 10.0. The number of aryl methyl sites for hydroxylation is 1. The van der Waals surface area contributed by atoms with Gasteiger partial charge in [-0.3, -0.25) is 0 Å². The van der Waals surface area contributed by atoms with Crippen LogP contribution in [0, 0.1) is 13.8 Å². The van der Waals surface area contributed by atoms with Crippen LogP contribution in [0.5, 0.6) is 11.5 Å². The van der Waals surface area contributed by atoms with E-state index in [9.17, 15) is 4.79 Å². The predicted molar refractivity (Wildman–Crippen MR) is 83.4 cm³/mol. The average Bonchev–Trinajstić information content (AvgIpc) is 2.44. The Morgan fingerprint density at radius 2 is 1.95 bits per heavy atom. The van der Waals surface area contributed by atoms with Crippen LogP contribution in [-0.2, 0) is 4.74 Å². The Morgan fingerprint density at radius 1 is 1.19 bits per heavy atom. The van der Waals surface area contributed by atoms with E-state index in [2.05, 4.69) is 0 Å². The van der Waals surface area contributed by atoms with Gasteiger partial charge in [-0.05, 0) is 62.2 Å². The summed E-state index contributed by atoms with van der Waals surface area (Å²) in [5, 5.41) is 0.600. The van der Waals surface area contributed by atoms with Crippen LogP contribution in [0.1, 0.15) is 28.4 Å². The van der Waals surface area contributed by atoms with E-state index in [1.165, 1.54) is 0 Å². The summed E-state index contributed by atoms with van der Waals surface area (Å²) in [6, 6.07) is 10.6. The van der Waals surface area contributed by atoms with E-state index in [0.29, 0.717) is 28.7 Å². The summed E-state index contributed by atoms with van der Waals surface area (Å²) in [6.07, 6.45) is 0. The van der Waals surface area contributed by atoms with Crippen molar-refractivity contribution in [2.45, 2.75) is 20.8 Å². The van der Waals surface area contributed by atoms with Gasteiger partial charge in [-0.25, -0.2) is 4.79 Å². The van der Waals surface area contributed by atoms with E-state index in [1.54, 1.807) is 31.2 Å². The van der Waals surface area contributed by atoms with Crippen LogP contribution >= 0.6 is 11.6 Å². The topological polar surface area (TPSA) is 35.5 Å². The first kappa shape index (κ1) is 15.4. The quantitative estimate of drug-likeness (QED) is 0.752. The lowest BCUT2D eigenvalue weighted by Crippen LogP contribution is -2.06. The molecule has 2 rings (SSSR count). The van der Waals surface area contributed by atoms with Crippen LogP contribution in [-0.4, -0.2) is 12.6 Å². The third-order valence-corrected chi connectivity index (χ3v) is 3.39. The Balaban J connectivity index is 2.36. The molecule has 0 atom stereocenters. The van der Waals surface area contributed by atoms with Crippen LogP contribution < -0.4 is 4.74 Å². The van der Waals surface area contributed by atoms with Crippen LogP contribution in [0.3, 0.4) is 0 Å². The highest BCUT2D eigenvalue weighted by molar-refractivity contribution is 6.30. The molecule has 110 valence electrons. The summed E-state index contributed by atoms with van der Waals surface area (Å²) < 4.78 is 10.9. The molecule has 0 N–H and O–H groups in total. The van der Waals surface area contributed by atoms with E-state index in [4.69, 9.17) is 21.1 Å². The van der Waals surface area contributed by atoms with Crippen LogP contribution in [0.2, 0.25) is 5.02 Å². The molecular weight excluding hydrogens is 288 g/mol. The second-order valence-electron chi connectivity index (χ2n) is 4.70. The SMILES string of the molecule is CCOC(=O)c1cc(C)c(C)c(Oc2cccc(Cl)c2)c1. The molecule has 2 aromatic carbocycles.